The van der Waals surface area contributed by atoms with Crippen LogP contribution in [0.5, 0.6) is 0 Å². The molecule has 0 bridgehead atoms. The predicted molar refractivity (Wildman–Crippen MR) is 82.2 cm³/mol. The summed E-state index contributed by atoms with van der Waals surface area (Å²) in [6.07, 6.45) is 5.37. The van der Waals surface area contributed by atoms with Gasteiger partial charge in [-0.15, -0.1) is 0 Å². The fourth-order valence-corrected chi connectivity index (χ4v) is 2.57. The number of carbonyl (C=O) groups is 1. The zero-order valence-electron chi connectivity index (χ0n) is 12.8. The van der Waals surface area contributed by atoms with E-state index in [1.807, 2.05) is 25.6 Å². The molecule has 0 fully saturated rings. The molecule has 0 aliphatic rings. The third kappa shape index (κ3) is 5.61. The topological polar surface area (TPSA) is 41.1 Å². The first-order valence-electron chi connectivity index (χ1n) is 7.03. The van der Waals surface area contributed by atoms with Crippen molar-refractivity contribution < 1.29 is 4.79 Å². The van der Waals surface area contributed by atoms with Gasteiger partial charge in [-0.25, -0.2) is 0 Å². The summed E-state index contributed by atoms with van der Waals surface area (Å²) in [5, 5.41) is 6.38. The molecule has 2 atom stereocenters. The monoisotopic (exact) mass is 274 g/mol. The van der Waals surface area contributed by atoms with Gasteiger partial charge in [-0.3, -0.25) is 4.79 Å². The molecule has 0 aromatic rings. The molecule has 18 heavy (non-hydrogen) atoms. The molecule has 0 aromatic carbocycles. The van der Waals surface area contributed by atoms with E-state index in [9.17, 15) is 4.79 Å². The highest BCUT2D eigenvalue weighted by Crippen LogP contribution is 2.29. The molecular formula is C14H30N2OS. The highest BCUT2D eigenvalue weighted by atomic mass is 32.2. The molecule has 4 heteroatoms. The number of thioether (sulfide) groups is 1. The van der Waals surface area contributed by atoms with Crippen molar-refractivity contribution in [3.8, 4) is 0 Å². The average molecular weight is 274 g/mol. The Labute approximate surface area is 117 Å². The lowest BCUT2D eigenvalue weighted by molar-refractivity contribution is -0.123. The van der Waals surface area contributed by atoms with Crippen LogP contribution in [-0.2, 0) is 4.79 Å². The van der Waals surface area contributed by atoms with Crippen LogP contribution in [0.15, 0.2) is 0 Å². The number of carbonyl (C=O) groups excluding carboxylic acids is 1. The molecule has 0 radical (unpaired) electrons. The number of hydrogen-bond acceptors (Lipinski definition) is 3. The van der Waals surface area contributed by atoms with E-state index in [4.69, 9.17) is 0 Å². The van der Waals surface area contributed by atoms with E-state index in [1.165, 1.54) is 0 Å². The standard InChI is InChI=1S/C14H30N2OS/c1-7-11(4)16-13(17)12(5)15-10-14(8-2,9-3)18-6/h11-12,15H,7-10H2,1-6H3,(H,16,17). The van der Waals surface area contributed by atoms with Gasteiger partial charge in [-0.05, 0) is 39.4 Å². The zero-order chi connectivity index (χ0) is 14.2. The van der Waals surface area contributed by atoms with Gasteiger partial charge in [0.15, 0.2) is 0 Å². The predicted octanol–water partition coefficient (Wildman–Crippen LogP) is 2.80. The lowest BCUT2D eigenvalue weighted by Crippen LogP contribution is -2.49. The summed E-state index contributed by atoms with van der Waals surface area (Å²) in [5.74, 6) is 0.103. The van der Waals surface area contributed by atoms with Crippen LogP contribution >= 0.6 is 11.8 Å². The lowest BCUT2D eigenvalue weighted by atomic mass is 10.0. The molecule has 2 N–H and O–H groups in total. The quantitative estimate of drug-likeness (QED) is 0.679. The van der Waals surface area contributed by atoms with Crippen LogP contribution < -0.4 is 10.6 Å². The molecule has 1 amide bonds. The molecule has 0 aromatic heterocycles. The van der Waals surface area contributed by atoms with Crippen LogP contribution in [0, 0.1) is 0 Å². The molecule has 0 saturated heterocycles. The maximum Gasteiger partial charge on any atom is 0.237 e. The summed E-state index contributed by atoms with van der Waals surface area (Å²) in [5.41, 5.74) is 0. The summed E-state index contributed by atoms with van der Waals surface area (Å²) in [6.45, 7) is 11.4. The van der Waals surface area contributed by atoms with Gasteiger partial charge in [0.05, 0.1) is 6.04 Å². The Balaban J connectivity index is 4.23. The zero-order valence-corrected chi connectivity index (χ0v) is 13.6. The largest absolute Gasteiger partial charge is 0.352 e. The molecule has 2 unspecified atom stereocenters. The van der Waals surface area contributed by atoms with E-state index < -0.39 is 0 Å². The second-order valence-corrected chi connectivity index (χ2v) is 6.29. The minimum Gasteiger partial charge on any atom is -0.352 e. The van der Waals surface area contributed by atoms with Gasteiger partial charge in [0.2, 0.25) is 5.91 Å². The van der Waals surface area contributed by atoms with Crippen LogP contribution in [0.25, 0.3) is 0 Å². The van der Waals surface area contributed by atoms with Gasteiger partial charge in [-0.1, -0.05) is 20.8 Å². The van der Waals surface area contributed by atoms with Crippen LogP contribution in [-0.4, -0.2) is 35.5 Å². The van der Waals surface area contributed by atoms with E-state index in [0.717, 1.165) is 25.8 Å². The fraction of sp³-hybridized carbons (Fsp3) is 0.929. The molecular weight excluding hydrogens is 244 g/mol. The summed E-state index contributed by atoms with van der Waals surface area (Å²) < 4.78 is 0.255. The smallest absolute Gasteiger partial charge is 0.237 e. The van der Waals surface area contributed by atoms with E-state index in [0.29, 0.717) is 0 Å². The maximum absolute atomic E-state index is 11.9. The van der Waals surface area contributed by atoms with Crippen molar-refractivity contribution in [2.24, 2.45) is 0 Å². The molecule has 3 nitrogen and oxygen atoms in total. The Hall–Kier alpha value is -0.220. The van der Waals surface area contributed by atoms with Gasteiger partial charge in [0.1, 0.15) is 0 Å². The van der Waals surface area contributed by atoms with E-state index in [-0.39, 0.29) is 22.7 Å². The minimum absolute atomic E-state index is 0.103. The van der Waals surface area contributed by atoms with Gasteiger partial charge in [0, 0.05) is 17.3 Å². The highest BCUT2D eigenvalue weighted by molar-refractivity contribution is 8.00. The Kier molecular flexibility index (Phi) is 8.70. The normalized spacial score (nSPS) is 15.2. The number of hydrogen-bond donors (Lipinski definition) is 2. The van der Waals surface area contributed by atoms with Crippen LogP contribution in [0.4, 0.5) is 0 Å². The van der Waals surface area contributed by atoms with Crippen molar-refractivity contribution >= 4 is 17.7 Å². The SMILES string of the molecule is CCC(C)NC(=O)C(C)NCC(CC)(CC)SC. The molecule has 0 rings (SSSR count). The third-order valence-electron chi connectivity index (χ3n) is 3.85. The Morgan fingerprint density at radius 3 is 2.17 bits per heavy atom. The number of rotatable bonds is 9. The Morgan fingerprint density at radius 2 is 1.78 bits per heavy atom. The fourth-order valence-electron chi connectivity index (χ4n) is 1.76. The van der Waals surface area contributed by atoms with E-state index in [1.54, 1.807) is 0 Å². The first-order chi connectivity index (χ1) is 8.44. The highest BCUT2D eigenvalue weighted by Gasteiger charge is 2.26. The van der Waals surface area contributed by atoms with Crippen molar-refractivity contribution in [3.05, 3.63) is 0 Å². The van der Waals surface area contributed by atoms with Gasteiger partial charge in [0.25, 0.3) is 0 Å². The minimum atomic E-state index is -0.122. The molecule has 0 saturated carbocycles. The van der Waals surface area contributed by atoms with Crippen molar-refractivity contribution in [3.63, 3.8) is 0 Å². The second kappa shape index (κ2) is 8.81. The molecule has 0 aliphatic carbocycles. The molecule has 0 aliphatic heterocycles. The Bertz CT molecular complexity index is 234. The molecule has 0 heterocycles. The summed E-state index contributed by atoms with van der Waals surface area (Å²) in [4.78, 5) is 11.9. The summed E-state index contributed by atoms with van der Waals surface area (Å²) in [6, 6.07) is 0.132. The van der Waals surface area contributed by atoms with Gasteiger partial charge in [-0.2, -0.15) is 11.8 Å². The van der Waals surface area contributed by atoms with E-state index >= 15 is 0 Å². The summed E-state index contributed by atoms with van der Waals surface area (Å²) in [7, 11) is 0. The summed E-state index contributed by atoms with van der Waals surface area (Å²) >= 11 is 1.90. The van der Waals surface area contributed by atoms with Crippen molar-refractivity contribution in [2.45, 2.75) is 70.7 Å². The number of nitrogens with one attached hydrogen (secondary N) is 2. The van der Waals surface area contributed by atoms with E-state index in [2.05, 4.69) is 37.7 Å². The first kappa shape index (κ1) is 17.8. The van der Waals surface area contributed by atoms with Crippen molar-refractivity contribution in [1.82, 2.24) is 10.6 Å². The van der Waals surface area contributed by atoms with Gasteiger partial charge < -0.3 is 10.6 Å². The van der Waals surface area contributed by atoms with Crippen molar-refractivity contribution in [2.75, 3.05) is 12.8 Å². The maximum atomic E-state index is 11.9. The lowest BCUT2D eigenvalue weighted by Gasteiger charge is -2.31. The molecule has 108 valence electrons. The molecule has 0 spiro atoms. The number of amides is 1. The van der Waals surface area contributed by atoms with Crippen LogP contribution in [0.3, 0.4) is 0 Å². The Morgan fingerprint density at radius 1 is 1.22 bits per heavy atom. The van der Waals surface area contributed by atoms with Crippen LogP contribution in [0.2, 0.25) is 0 Å². The van der Waals surface area contributed by atoms with Crippen LogP contribution in [0.1, 0.15) is 53.9 Å². The van der Waals surface area contributed by atoms with Crippen molar-refractivity contribution in [1.29, 1.82) is 0 Å². The average Bonchev–Trinajstić information content (AvgIpc) is 2.40. The third-order valence-corrected chi connectivity index (χ3v) is 5.43. The van der Waals surface area contributed by atoms with Gasteiger partial charge >= 0.3 is 0 Å². The first-order valence-corrected chi connectivity index (χ1v) is 8.26. The second-order valence-electron chi connectivity index (χ2n) is 5.01.